The van der Waals surface area contributed by atoms with E-state index in [-0.39, 0.29) is 0 Å². The molecule has 0 N–H and O–H groups in total. The summed E-state index contributed by atoms with van der Waals surface area (Å²) < 4.78 is 0. The first-order chi connectivity index (χ1) is 4.79. The van der Waals surface area contributed by atoms with E-state index in [0.29, 0.717) is 0 Å². The summed E-state index contributed by atoms with van der Waals surface area (Å²) in [5, 5.41) is 0. The molecule has 0 heterocycles. The van der Waals surface area contributed by atoms with Gasteiger partial charge in [-0.2, -0.15) is 0 Å². The van der Waals surface area contributed by atoms with Gasteiger partial charge in [0.05, 0.1) is 0 Å². The third-order valence-corrected chi connectivity index (χ3v) is 2.36. The van der Waals surface area contributed by atoms with Gasteiger partial charge in [-0.15, -0.1) is 6.58 Å². The second kappa shape index (κ2) is 3.80. The van der Waals surface area contributed by atoms with E-state index in [4.69, 9.17) is 0 Å². The smallest absolute Gasteiger partial charge is 0.0297 e. The summed E-state index contributed by atoms with van der Waals surface area (Å²) in [5.74, 6) is 0.978. The Morgan fingerprint density at radius 2 is 1.90 bits per heavy atom. The van der Waals surface area contributed by atoms with Gasteiger partial charge in [0, 0.05) is 0 Å². The highest BCUT2D eigenvalue weighted by atomic mass is 14.2. The van der Waals surface area contributed by atoms with Gasteiger partial charge < -0.3 is 0 Å². The van der Waals surface area contributed by atoms with Crippen LogP contribution in [0.15, 0.2) is 12.2 Å². The largest absolute Gasteiger partial charge is 0.100 e. The number of hydrogen-bond acceptors (Lipinski definition) is 0. The summed E-state index contributed by atoms with van der Waals surface area (Å²) >= 11 is 0. The van der Waals surface area contributed by atoms with Gasteiger partial charge in [0.25, 0.3) is 0 Å². The van der Waals surface area contributed by atoms with Crippen LogP contribution >= 0.6 is 0 Å². The van der Waals surface area contributed by atoms with Crippen molar-refractivity contribution in [2.75, 3.05) is 0 Å². The summed E-state index contributed by atoms with van der Waals surface area (Å²) in [4.78, 5) is 0. The van der Waals surface area contributed by atoms with Crippen LogP contribution in [0.1, 0.15) is 45.4 Å². The van der Waals surface area contributed by atoms with E-state index in [0.717, 1.165) is 5.92 Å². The molecule has 58 valence electrons. The Hall–Kier alpha value is -0.260. The molecule has 0 aromatic carbocycles. The lowest BCUT2D eigenvalue weighted by molar-refractivity contribution is 0.356. The second-order valence-corrected chi connectivity index (χ2v) is 3.67. The molecule has 0 aromatic rings. The van der Waals surface area contributed by atoms with Crippen molar-refractivity contribution in [3.05, 3.63) is 12.2 Å². The maximum atomic E-state index is 3.95. The SMILES string of the molecule is C=C(C)CC1CCCCC1. The Morgan fingerprint density at radius 3 is 2.40 bits per heavy atom. The van der Waals surface area contributed by atoms with Crippen LogP contribution in [0, 0.1) is 5.92 Å². The molecular weight excluding hydrogens is 120 g/mol. The van der Waals surface area contributed by atoms with Gasteiger partial charge in [0.15, 0.2) is 0 Å². The van der Waals surface area contributed by atoms with E-state index < -0.39 is 0 Å². The maximum Gasteiger partial charge on any atom is -0.0297 e. The molecule has 1 rings (SSSR count). The molecule has 0 nitrogen and oxygen atoms in total. The third-order valence-electron chi connectivity index (χ3n) is 2.36. The van der Waals surface area contributed by atoms with Crippen LogP contribution in [0.2, 0.25) is 0 Å². The van der Waals surface area contributed by atoms with Gasteiger partial charge in [0.2, 0.25) is 0 Å². The molecule has 1 aliphatic rings. The molecule has 1 fully saturated rings. The predicted molar refractivity (Wildman–Crippen MR) is 46.0 cm³/mol. The highest BCUT2D eigenvalue weighted by Crippen LogP contribution is 2.27. The van der Waals surface area contributed by atoms with Crippen molar-refractivity contribution in [2.24, 2.45) is 5.92 Å². The van der Waals surface area contributed by atoms with Gasteiger partial charge in [-0.25, -0.2) is 0 Å². The van der Waals surface area contributed by atoms with Crippen LogP contribution in [0.5, 0.6) is 0 Å². The van der Waals surface area contributed by atoms with Crippen molar-refractivity contribution in [2.45, 2.75) is 45.4 Å². The molecule has 0 radical (unpaired) electrons. The van der Waals surface area contributed by atoms with E-state index in [2.05, 4.69) is 13.5 Å². The molecule has 0 bridgehead atoms. The Labute approximate surface area is 64.3 Å². The van der Waals surface area contributed by atoms with Crippen LogP contribution in [-0.4, -0.2) is 0 Å². The first-order valence-electron chi connectivity index (χ1n) is 4.43. The average Bonchev–Trinajstić information content (AvgIpc) is 1.88. The Morgan fingerprint density at radius 1 is 1.30 bits per heavy atom. The molecule has 10 heavy (non-hydrogen) atoms. The first-order valence-corrected chi connectivity index (χ1v) is 4.43. The summed E-state index contributed by atoms with van der Waals surface area (Å²) in [6.45, 7) is 6.10. The van der Waals surface area contributed by atoms with Crippen molar-refractivity contribution in [1.82, 2.24) is 0 Å². The van der Waals surface area contributed by atoms with E-state index in [1.54, 1.807) is 0 Å². The van der Waals surface area contributed by atoms with Crippen molar-refractivity contribution in [1.29, 1.82) is 0 Å². The zero-order valence-corrected chi connectivity index (χ0v) is 7.03. The molecule has 1 aliphatic carbocycles. The third kappa shape index (κ3) is 2.55. The summed E-state index contributed by atoms with van der Waals surface area (Å²) in [6.07, 6.45) is 8.56. The van der Waals surface area contributed by atoms with Crippen molar-refractivity contribution < 1.29 is 0 Å². The molecule has 0 aliphatic heterocycles. The normalized spacial score (nSPS) is 20.9. The van der Waals surface area contributed by atoms with E-state index in [9.17, 15) is 0 Å². The van der Waals surface area contributed by atoms with Crippen molar-refractivity contribution in [3.8, 4) is 0 Å². The molecule has 0 amide bonds. The summed E-state index contributed by atoms with van der Waals surface area (Å²) in [5.41, 5.74) is 1.37. The van der Waals surface area contributed by atoms with Crippen LogP contribution in [0.4, 0.5) is 0 Å². The maximum absolute atomic E-state index is 3.95. The van der Waals surface area contributed by atoms with Crippen molar-refractivity contribution >= 4 is 0 Å². The fourth-order valence-corrected chi connectivity index (χ4v) is 1.88. The van der Waals surface area contributed by atoms with Gasteiger partial charge in [-0.3, -0.25) is 0 Å². The number of rotatable bonds is 2. The lowest BCUT2D eigenvalue weighted by Crippen LogP contribution is -2.05. The zero-order valence-electron chi connectivity index (χ0n) is 7.03. The monoisotopic (exact) mass is 138 g/mol. The highest BCUT2D eigenvalue weighted by molar-refractivity contribution is 4.90. The lowest BCUT2D eigenvalue weighted by atomic mass is 9.85. The summed E-state index contributed by atoms with van der Waals surface area (Å²) in [6, 6.07) is 0. The van der Waals surface area contributed by atoms with Crippen LogP contribution in [0.25, 0.3) is 0 Å². The Kier molecular flexibility index (Phi) is 2.98. The molecule has 0 heteroatoms. The molecule has 0 atom stereocenters. The van der Waals surface area contributed by atoms with E-state index in [1.807, 2.05) is 0 Å². The van der Waals surface area contributed by atoms with Gasteiger partial charge in [-0.1, -0.05) is 37.7 Å². The van der Waals surface area contributed by atoms with E-state index in [1.165, 1.54) is 44.1 Å². The topological polar surface area (TPSA) is 0 Å². The summed E-state index contributed by atoms with van der Waals surface area (Å²) in [7, 11) is 0. The molecular formula is C10H18. The Bertz CT molecular complexity index is 107. The molecule has 0 spiro atoms. The van der Waals surface area contributed by atoms with Crippen molar-refractivity contribution in [3.63, 3.8) is 0 Å². The van der Waals surface area contributed by atoms with Crippen LogP contribution < -0.4 is 0 Å². The highest BCUT2D eigenvalue weighted by Gasteiger charge is 2.12. The van der Waals surface area contributed by atoms with Gasteiger partial charge >= 0.3 is 0 Å². The fourth-order valence-electron chi connectivity index (χ4n) is 1.88. The molecule has 0 aromatic heterocycles. The molecule has 0 unspecified atom stereocenters. The number of allylic oxidation sites excluding steroid dienone is 1. The average molecular weight is 138 g/mol. The minimum absolute atomic E-state index is 0.978. The first kappa shape index (κ1) is 7.84. The molecule has 0 saturated heterocycles. The second-order valence-electron chi connectivity index (χ2n) is 3.67. The fraction of sp³-hybridized carbons (Fsp3) is 0.800. The van der Waals surface area contributed by atoms with Gasteiger partial charge in [-0.05, 0) is 19.3 Å². The predicted octanol–water partition coefficient (Wildman–Crippen LogP) is 3.53. The lowest BCUT2D eigenvalue weighted by Gasteiger charge is -2.21. The Balaban J connectivity index is 2.19. The van der Waals surface area contributed by atoms with Gasteiger partial charge in [0.1, 0.15) is 0 Å². The minimum atomic E-state index is 0.978. The number of hydrogen-bond donors (Lipinski definition) is 0. The standard InChI is InChI=1S/C10H18/c1-9(2)8-10-6-4-3-5-7-10/h10H,1,3-8H2,2H3. The quantitative estimate of drug-likeness (QED) is 0.512. The zero-order chi connectivity index (χ0) is 7.40. The van der Waals surface area contributed by atoms with E-state index >= 15 is 0 Å². The van der Waals surface area contributed by atoms with Crippen LogP contribution in [-0.2, 0) is 0 Å². The molecule has 1 saturated carbocycles. The minimum Gasteiger partial charge on any atom is -0.100 e. The van der Waals surface area contributed by atoms with Crippen LogP contribution in [0.3, 0.4) is 0 Å².